The molecule has 6 heteroatoms. The Hall–Kier alpha value is -1.14. The minimum Gasteiger partial charge on any atom is -0.301 e. The van der Waals surface area contributed by atoms with E-state index in [4.69, 9.17) is 0 Å². The molecule has 0 bridgehead atoms. The lowest BCUT2D eigenvalue weighted by Crippen LogP contribution is -2.54. The first-order valence-corrected chi connectivity index (χ1v) is 10.5. The molecule has 0 saturated carbocycles. The van der Waals surface area contributed by atoms with Crippen molar-refractivity contribution in [3.63, 3.8) is 0 Å². The van der Waals surface area contributed by atoms with Crippen molar-refractivity contribution >= 4 is 0 Å². The average Bonchev–Trinajstić information content (AvgIpc) is 2.63. The highest BCUT2D eigenvalue weighted by molar-refractivity contribution is 5.32. The summed E-state index contributed by atoms with van der Waals surface area (Å²) in [5, 5.41) is 0. The zero-order valence-electron chi connectivity index (χ0n) is 17.3. The number of hydrogen-bond acceptors (Lipinski definition) is 2. The van der Waals surface area contributed by atoms with Crippen molar-refractivity contribution in [3.8, 4) is 0 Å². The van der Waals surface area contributed by atoms with E-state index in [1.165, 1.54) is 12.1 Å². The average molecular weight is 401 g/mol. The van der Waals surface area contributed by atoms with E-state index in [-0.39, 0.29) is 36.1 Å². The highest BCUT2D eigenvalue weighted by Gasteiger charge is 2.48. The van der Waals surface area contributed by atoms with Crippen LogP contribution in [0.25, 0.3) is 0 Å². The maximum atomic E-state index is 15.0. The van der Waals surface area contributed by atoms with Crippen LogP contribution in [0, 0.1) is 11.6 Å². The van der Waals surface area contributed by atoms with Gasteiger partial charge in [-0.15, -0.1) is 0 Å². The lowest BCUT2D eigenvalue weighted by atomic mass is 9.83. The number of halogens is 4. The first-order chi connectivity index (χ1) is 13.1. The molecule has 0 N–H and O–H groups in total. The second kappa shape index (κ2) is 8.31. The van der Waals surface area contributed by atoms with Crippen molar-refractivity contribution in [1.29, 1.82) is 0 Å². The summed E-state index contributed by atoms with van der Waals surface area (Å²) in [5.74, 6) is -6.61. The molecule has 2 fully saturated rings. The summed E-state index contributed by atoms with van der Waals surface area (Å²) < 4.78 is 58.9. The van der Waals surface area contributed by atoms with E-state index in [9.17, 15) is 17.6 Å². The molecule has 1 unspecified atom stereocenters. The normalized spacial score (nSPS) is 25.0. The number of rotatable bonds is 4. The molecule has 1 aromatic carbocycles. The van der Waals surface area contributed by atoms with E-state index < -0.39 is 23.5 Å². The molecule has 0 aromatic heterocycles. The molecule has 3 rings (SSSR count). The Morgan fingerprint density at radius 3 is 2.11 bits per heavy atom. The third kappa shape index (κ3) is 4.23. The van der Waals surface area contributed by atoms with Crippen molar-refractivity contribution in [3.05, 3.63) is 34.9 Å². The highest BCUT2D eigenvalue weighted by Crippen LogP contribution is 2.43. The third-order valence-corrected chi connectivity index (χ3v) is 6.51. The van der Waals surface area contributed by atoms with Gasteiger partial charge < -0.3 is 4.90 Å². The molecule has 0 amide bonds. The number of benzene rings is 1. The fourth-order valence-corrected chi connectivity index (χ4v) is 4.72. The van der Waals surface area contributed by atoms with Crippen molar-refractivity contribution in [1.82, 2.24) is 9.80 Å². The Morgan fingerprint density at radius 1 is 0.929 bits per heavy atom. The van der Waals surface area contributed by atoms with Crippen LogP contribution in [0.3, 0.4) is 0 Å². The van der Waals surface area contributed by atoms with Crippen LogP contribution in [0.5, 0.6) is 0 Å². The summed E-state index contributed by atoms with van der Waals surface area (Å²) >= 11 is 0. The first kappa shape index (κ1) is 21.6. The smallest absolute Gasteiger partial charge is 0.267 e. The van der Waals surface area contributed by atoms with Gasteiger partial charge in [-0.3, -0.25) is 4.90 Å². The molecule has 2 aliphatic rings. The molecule has 28 heavy (non-hydrogen) atoms. The van der Waals surface area contributed by atoms with Crippen LogP contribution in [0.15, 0.2) is 12.1 Å². The molecule has 158 valence electrons. The maximum absolute atomic E-state index is 15.0. The van der Waals surface area contributed by atoms with Gasteiger partial charge in [0.05, 0.1) is 12.5 Å². The van der Waals surface area contributed by atoms with Crippen LogP contribution in [-0.4, -0.2) is 54.0 Å². The number of piperidine rings is 2. The van der Waals surface area contributed by atoms with Gasteiger partial charge in [0.1, 0.15) is 0 Å². The summed E-state index contributed by atoms with van der Waals surface area (Å²) in [6.45, 7) is 9.78. The second-order valence-electron chi connectivity index (χ2n) is 8.96. The van der Waals surface area contributed by atoms with Crippen LogP contribution in [0.1, 0.15) is 69.9 Å². The van der Waals surface area contributed by atoms with Gasteiger partial charge >= 0.3 is 0 Å². The Kier molecular flexibility index (Phi) is 6.40. The monoisotopic (exact) mass is 400 g/mol. The minimum absolute atomic E-state index is 0.145. The van der Waals surface area contributed by atoms with Crippen molar-refractivity contribution in [2.45, 2.75) is 76.8 Å². The van der Waals surface area contributed by atoms with E-state index in [1.54, 1.807) is 13.8 Å². The SMILES string of the molecule is CC(C)c1ccc(C2CCN(C3CCN(C(C)C)CC3)CC2(F)F)c(F)c1F. The van der Waals surface area contributed by atoms with Crippen LogP contribution >= 0.6 is 0 Å². The Labute approximate surface area is 165 Å². The van der Waals surface area contributed by atoms with E-state index >= 15 is 0 Å². The molecule has 2 heterocycles. The number of likely N-dealkylation sites (tertiary alicyclic amines) is 2. The number of nitrogens with zero attached hydrogens (tertiary/aromatic N) is 2. The van der Waals surface area contributed by atoms with Gasteiger partial charge in [0.2, 0.25) is 0 Å². The molecule has 0 spiro atoms. The lowest BCUT2D eigenvalue weighted by molar-refractivity contribution is -0.0988. The quantitative estimate of drug-likeness (QED) is 0.626. The molecule has 1 atom stereocenters. The molecule has 2 saturated heterocycles. The van der Waals surface area contributed by atoms with Crippen LogP contribution < -0.4 is 0 Å². The van der Waals surface area contributed by atoms with Crippen LogP contribution in [0.4, 0.5) is 17.6 Å². The van der Waals surface area contributed by atoms with E-state index in [0.29, 0.717) is 12.6 Å². The Bertz CT molecular complexity index is 681. The summed E-state index contributed by atoms with van der Waals surface area (Å²) in [7, 11) is 0. The van der Waals surface area contributed by atoms with Gasteiger partial charge in [0, 0.05) is 17.6 Å². The van der Waals surface area contributed by atoms with Gasteiger partial charge in [-0.2, -0.15) is 0 Å². The molecule has 0 aliphatic carbocycles. The van der Waals surface area contributed by atoms with Crippen molar-refractivity contribution < 1.29 is 17.6 Å². The fraction of sp³-hybridized carbons (Fsp3) is 0.727. The predicted molar refractivity (Wildman–Crippen MR) is 104 cm³/mol. The van der Waals surface area contributed by atoms with E-state index in [2.05, 4.69) is 18.7 Å². The summed E-state index contributed by atoms with van der Waals surface area (Å²) in [6, 6.07) is 3.44. The van der Waals surface area contributed by atoms with Gasteiger partial charge in [0.25, 0.3) is 5.92 Å². The zero-order chi connectivity index (χ0) is 20.6. The van der Waals surface area contributed by atoms with E-state index in [0.717, 1.165) is 25.9 Å². The van der Waals surface area contributed by atoms with Gasteiger partial charge in [0.15, 0.2) is 11.6 Å². The maximum Gasteiger partial charge on any atom is 0.267 e. The summed E-state index contributed by atoms with van der Waals surface area (Å²) in [6.07, 6.45) is 1.91. The zero-order valence-corrected chi connectivity index (χ0v) is 17.3. The Balaban J connectivity index is 1.72. The molecular formula is C22H32F4N2. The molecule has 2 nitrogen and oxygen atoms in total. The van der Waals surface area contributed by atoms with Crippen molar-refractivity contribution in [2.24, 2.45) is 0 Å². The molecule has 0 radical (unpaired) electrons. The third-order valence-electron chi connectivity index (χ3n) is 6.51. The fourth-order valence-electron chi connectivity index (χ4n) is 4.72. The van der Waals surface area contributed by atoms with Gasteiger partial charge in [-0.25, -0.2) is 17.6 Å². The largest absolute Gasteiger partial charge is 0.301 e. The first-order valence-electron chi connectivity index (χ1n) is 10.5. The molecular weight excluding hydrogens is 368 g/mol. The minimum atomic E-state index is -3.07. The van der Waals surface area contributed by atoms with Crippen molar-refractivity contribution in [2.75, 3.05) is 26.2 Å². The number of alkyl halides is 2. The lowest BCUT2D eigenvalue weighted by Gasteiger charge is -2.45. The predicted octanol–water partition coefficient (Wildman–Crippen LogP) is 5.39. The summed E-state index contributed by atoms with van der Waals surface area (Å²) in [5.41, 5.74) is 0.0556. The number of hydrogen-bond donors (Lipinski definition) is 0. The van der Waals surface area contributed by atoms with E-state index in [1.807, 2.05) is 4.90 Å². The summed E-state index contributed by atoms with van der Waals surface area (Å²) in [4.78, 5) is 4.24. The van der Waals surface area contributed by atoms with Gasteiger partial charge in [-0.05, 0) is 64.2 Å². The molecule has 2 aliphatic heterocycles. The van der Waals surface area contributed by atoms with Crippen LogP contribution in [0.2, 0.25) is 0 Å². The van der Waals surface area contributed by atoms with Gasteiger partial charge in [-0.1, -0.05) is 26.0 Å². The Morgan fingerprint density at radius 2 is 1.57 bits per heavy atom. The standard InChI is InChI=1S/C22H32F4N2/c1-14(2)17-5-6-18(21(24)20(17)23)19-9-12-28(13-22(19,25)26)16-7-10-27(11-8-16)15(3)4/h5-6,14-16,19H,7-13H2,1-4H3. The second-order valence-corrected chi connectivity index (χ2v) is 8.96. The topological polar surface area (TPSA) is 6.48 Å². The van der Waals surface area contributed by atoms with Crippen LogP contribution in [-0.2, 0) is 0 Å². The highest BCUT2D eigenvalue weighted by atomic mass is 19.3. The molecule has 1 aromatic rings.